The average Bonchev–Trinajstić information content (AvgIpc) is 3.08. The third-order valence-corrected chi connectivity index (χ3v) is 5.76. The van der Waals surface area contributed by atoms with Gasteiger partial charge in [0.15, 0.2) is 0 Å². The van der Waals surface area contributed by atoms with Crippen molar-refractivity contribution in [3.05, 3.63) is 87.7 Å². The van der Waals surface area contributed by atoms with Crippen molar-refractivity contribution in [3.8, 4) is 0 Å². The number of hydrogen-bond donors (Lipinski definition) is 1. The first kappa shape index (κ1) is 20.8. The van der Waals surface area contributed by atoms with E-state index in [1.165, 1.54) is 5.69 Å². The Morgan fingerprint density at radius 1 is 1.03 bits per heavy atom. The Bertz CT molecular complexity index is 1100. The third-order valence-electron chi connectivity index (χ3n) is 5.76. The molecule has 6 nitrogen and oxygen atoms in total. The van der Waals surface area contributed by atoms with E-state index in [2.05, 4.69) is 16.5 Å². The zero-order valence-electron chi connectivity index (χ0n) is 18.3. The van der Waals surface area contributed by atoms with Crippen LogP contribution in [0.3, 0.4) is 0 Å². The van der Waals surface area contributed by atoms with Crippen LogP contribution < -0.4 is 5.32 Å². The largest absolute Gasteiger partial charge is 0.352 e. The Labute approximate surface area is 182 Å². The number of aryl methyl sites for hydroxylation is 3. The molecule has 160 valence electrons. The highest BCUT2D eigenvalue weighted by atomic mass is 16.2. The lowest BCUT2D eigenvalue weighted by atomic mass is 10.0. The van der Waals surface area contributed by atoms with Gasteiger partial charge < -0.3 is 10.2 Å². The maximum Gasteiger partial charge on any atom is 0.254 e. The molecule has 0 aliphatic carbocycles. The minimum atomic E-state index is -0.0861. The summed E-state index contributed by atoms with van der Waals surface area (Å²) in [7, 11) is 1.95. The first-order chi connectivity index (χ1) is 14.9. The van der Waals surface area contributed by atoms with E-state index in [1.54, 1.807) is 12.1 Å². The summed E-state index contributed by atoms with van der Waals surface area (Å²) in [6, 6.07) is 15.2. The van der Waals surface area contributed by atoms with Crippen LogP contribution in [0.1, 0.15) is 48.8 Å². The minimum Gasteiger partial charge on any atom is -0.352 e. The van der Waals surface area contributed by atoms with Crippen LogP contribution in [0, 0.1) is 13.8 Å². The van der Waals surface area contributed by atoms with Gasteiger partial charge in [-0.15, -0.1) is 0 Å². The lowest BCUT2D eigenvalue weighted by Gasteiger charge is -2.28. The van der Waals surface area contributed by atoms with E-state index >= 15 is 0 Å². The minimum absolute atomic E-state index is 0.0598. The fourth-order valence-electron chi connectivity index (χ4n) is 4.31. The van der Waals surface area contributed by atoms with Crippen molar-refractivity contribution in [3.63, 3.8) is 0 Å². The van der Waals surface area contributed by atoms with Gasteiger partial charge in [-0.2, -0.15) is 5.10 Å². The molecular weight excluding hydrogens is 388 g/mol. The molecular formula is C25H28N4O2. The van der Waals surface area contributed by atoms with Gasteiger partial charge >= 0.3 is 0 Å². The Balaban J connectivity index is 1.45. The van der Waals surface area contributed by atoms with Gasteiger partial charge in [-0.3, -0.25) is 14.3 Å². The zero-order valence-corrected chi connectivity index (χ0v) is 18.3. The van der Waals surface area contributed by atoms with E-state index in [9.17, 15) is 9.59 Å². The Hall–Kier alpha value is -3.41. The van der Waals surface area contributed by atoms with Gasteiger partial charge in [-0.1, -0.05) is 35.4 Å². The molecule has 1 aliphatic heterocycles. The standard InChI is InChI=1S/C25H28N4O2/c1-17-13-18(2)15-20(14-17)25(31)29-12-10-23-21(16-29)22(27-28(23)3)9-11-26-24(30)19-7-5-4-6-8-19/h4-8,13-15H,9-12,16H2,1-3H3,(H,26,30). The van der Waals surface area contributed by atoms with Crippen LogP contribution >= 0.6 is 0 Å². The third kappa shape index (κ3) is 4.53. The van der Waals surface area contributed by atoms with Crippen molar-refractivity contribution < 1.29 is 9.59 Å². The van der Waals surface area contributed by atoms with E-state index in [0.29, 0.717) is 31.6 Å². The second-order valence-electron chi connectivity index (χ2n) is 8.22. The highest BCUT2D eigenvalue weighted by molar-refractivity contribution is 5.95. The summed E-state index contributed by atoms with van der Waals surface area (Å²) in [6.07, 6.45) is 1.42. The Morgan fingerprint density at radius 3 is 2.45 bits per heavy atom. The number of carbonyl (C=O) groups excluding carboxylic acids is 2. The van der Waals surface area contributed by atoms with Gasteiger partial charge in [0.1, 0.15) is 0 Å². The molecule has 0 saturated carbocycles. The molecule has 31 heavy (non-hydrogen) atoms. The predicted octanol–water partition coefficient (Wildman–Crippen LogP) is 3.21. The number of nitrogens with zero attached hydrogens (tertiary/aromatic N) is 3. The molecule has 1 aliphatic rings. The van der Waals surface area contributed by atoms with Gasteiger partial charge in [0.2, 0.25) is 0 Å². The highest BCUT2D eigenvalue weighted by Gasteiger charge is 2.27. The second kappa shape index (κ2) is 8.76. The quantitative estimate of drug-likeness (QED) is 0.695. The number of rotatable bonds is 5. The number of carbonyl (C=O) groups is 2. The van der Waals surface area contributed by atoms with Gasteiger partial charge in [-0.05, 0) is 38.1 Å². The van der Waals surface area contributed by atoms with Crippen molar-refractivity contribution in [2.75, 3.05) is 13.1 Å². The van der Waals surface area contributed by atoms with Crippen molar-refractivity contribution in [1.29, 1.82) is 0 Å². The number of nitrogens with one attached hydrogen (secondary N) is 1. The topological polar surface area (TPSA) is 67.2 Å². The summed E-state index contributed by atoms with van der Waals surface area (Å²) in [4.78, 5) is 27.3. The molecule has 0 bridgehead atoms. The number of fused-ring (bicyclic) bond motifs is 1. The first-order valence-electron chi connectivity index (χ1n) is 10.7. The Morgan fingerprint density at radius 2 is 1.74 bits per heavy atom. The molecule has 6 heteroatoms. The van der Waals surface area contributed by atoms with Crippen LogP contribution in [0.15, 0.2) is 48.5 Å². The van der Waals surface area contributed by atoms with E-state index in [-0.39, 0.29) is 11.8 Å². The summed E-state index contributed by atoms with van der Waals surface area (Å²) >= 11 is 0. The molecule has 0 atom stereocenters. The molecule has 1 N–H and O–H groups in total. The summed E-state index contributed by atoms with van der Waals surface area (Å²) in [5.74, 6) is -0.0262. The molecule has 0 radical (unpaired) electrons. The molecule has 4 rings (SSSR count). The molecule has 0 spiro atoms. The van der Waals surface area contributed by atoms with Crippen LogP contribution in [-0.2, 0) is 26.4 Å². The zero-order chi connectivity index (χ0) is 22.0. The fourth-order valence-corrected chi connectivity index (χ4v) is 4.31. The average molecular weight is 417 g/mol. The number of hydrogen-bond acceptors (Lipinski definition) is 3. The lowest BCUT2D eigenvalue weighted by molar-refractivity contribution is 0.0732. The Kier molecular flexibility index (Phi) is 5.89. The maximum absolute atomic E-state index is 13.1. The fraction of sp³-hybridized carbons (Fsp3) is 0.320. The smallest absolute Gasteiger partial charge is 0.254 e. The highest BCUT2D eigenvalue weighted by Crippen LogP contribution is 2.24. The molecule has 2 amide bonds. The molecule has 0 saturated heterocycles. The molecule has 3 aromatic rings. The summed E-state index contributed by atoms with van der Waals surface area (Å²) in [5, 5.41) is 7.65. The van der Waals surface area contributed by atoms with Crippen LogP contribution in [0.4, 0.5) is 0 Å². The van der Waals surface area contributed by atoms with E-state index in [4.69, 9.17) is 0 Å². The van der Waals surface area contributed by atoms with Gasteiger partial charge in [0.25, 0.3) is 11.8 Å². The van der Waals surface area contributed by atoms with Crippen molar-refractivity contribution in [2.45, 2.75) is 33.2 Å². The van der Waals surface area contributed by atoms with E-state index in [1.807, 2.05) is 60.8 Å². The first-order valence-corrected chi connectivity index (χ1v) is 10.7. The number of aromatic nitrogens is 2. The second-order valence-corrected chi connectivity index (χ2v) is 8.22. The maximum atomic E-state index is 13.1. The van der Waals surface area contributed by atoms with Crippen molar-refractivity contribution >= 4 is 11.8 Å². The van der Waals surface area contributed by atoms with Crippen LogP contribution in [0.2, 0.25) is 0 Å². The van der Waals surface area contributed by atoms with E-state index in [0.717, 1.165) is 34.4 Å². The molecule has 1 aromatic heterocycles. The molecule has 0 unspecified atom stereocenters. The monoisotopic (exact) mass is 416 g/mol. The molecule has 0 fully saturated rings. The summed E-state index contributed by atoms with van der Waals surface area (Å²) < 4.78 is 1.92. The predicted molar refractivity (Wildman–Crippen MR) is 120 cm³/mol. The van der Waals surface area contributed by atoms with Crippen molar-refractivity contribution in [2.24, 2.45) is 7.05 Å². The van der Waals surface area contributed by atoms with Crippen LogP contribution in [-0.4, -0.2) is 39.6 Å². The van der Waals surface area contributed by atoms with Crippen LogP contribution in [0.25, 0.3) is 0 Å². The lowest BCUT2D eigenvalue weighted by Crippen LogP contribution is -2.36. The van der Waals surface area contributed by atoms with E-state index < -0.39 is 0 Å². The molecule has 2 heterocycles. The summed E-state index contributed by atoms with van der Waals surface area (Å²) in [6.45, 7) is 5.77. The van der Waals surface area contributed by atoms with Gasteiger partial charge in [0, 0.05) is 61.9 Å². The summed E-state index contributed by atoms with van der Waals surface area (Å²) in [5.41, 5.74) is 6.81. The molecule has 2 aromatic carbocycles. The van der Waals surface area contributed by atoms with Crippen molar-refractivity contribution in [1.82, 2.24) is 20.0 Å². The number of benzene rings is 2. The van der Waals surface area contributed by atoms with Gasteiger partial charge in [0.05, 0.1) is 5.69 Å². The SMILES string of the molecule is Cc1cc(C)cc(C(=O)N2CCc3c(c(CCNC(=O)c4ccccc4)nn3C)C2)c1. The number of amides is 2. The normalized spacial score (nSPS) is 13.1. The van der Waals surface area contributed by atoms with Gasteiger partial charge in [-0.25, -0.2) is 0 Å². The van der Waals surface area contributed by atoms with Crippen LogP contribution in [0.5, 0.6) is 0 Å².